The molecule has 0 aliphatic carbocycles. The Hall–Kier alpha value is -4.20. The van der Waals surface area contributed by atoms with Crippen LogP contribution < -0.4 is 16.0 Å². The highest BCUT2D eigenvalue weighted by Gasteiger charge is 2.16. The van der Waals surface area contributed by atoms with Crippen LogP contribution in [0.2, 0.25) is 0 Å². The van der Waals surface area contributed by atoms with Crippen molar-refractivity contribution < 1.29 is 14.6 Å². The van der Waals surface area contributed by atoms with Crippen LogP contribution in [0.3, 0.4) is 0 Å². The molecule has 0 aliphatic rings. The Morgan fingerprint density at radius 1 is 1.00 bits per heavy atom. The van der Waals surface area contributed by atoms with Crippen molar-refractivity contribution in [3.63, 3.8) is 0 Å². The van der Waals surface area contributed by atoms with Gasteiger partial charge in [0.2, 0.25) is 0 Å². The molecule has 4 rings (SSSR count). The molecule has 0 saturated carbocycles. The van der Waals surface area contributed by atoms with Crippen LogP contribution in [0.4, 0.5) is 0 Å². The van der Waals surface area contributed by atoms with Crippen molar-refractivity contribution in [2.75, 3.05) is 6.61 Å². The molecule has 0 spiro atoms. The normalized spacial score (nSPS) is 10.8. The SMILES string of the molecule is O=C(O)COc1cccc(-n2c(=O)n(Cc3ccccc3)c(=O)c3cccnc32)c1. The number of aromatic nitrogens is 3. The molecule has 0 unspecified atom stereocenters. The van der Waals surface area contributed by atoms with Gasteiger partial charge < -0.3 is 9.84 Å². The predicted octanol–water partition coefficient (Wildman–Crippen LogP) is 2.06. The van der Waals surface area contributed by atoms with E-state index in [2.05, 4.69) is 4.98 Å². The standard InChI is InChI=1S/C22H17N3O5/c26-19(27)14-30-17-9-4-8-16(12-17)25-20-18(10-5-11-23-20)21(28)24(22(25)29)13-15-6-2-1-3-7-15/h1-12H,13-14H2,(H,26,27). The van der Waals surface area contributed by atoms with Crippen LogP contribution in [0.1, 0.15) is 5.56 Å². The molecule has 0 radical (unpaired) electrons. The molecule has 0 amide bonds. The molecule has 0 bridgehead atoms. The molecular formula is C22H17N3O5. The third-order valence-electron chi connectivity index (χ3n) is 4.52. The minimum atomic E-state index is -1.11. The van der Waals surface area contributed by atoms with E-state index in [-0.39, 0.29) is 17.9 Å². The minimum absolute atomic E-state index is 0.110. The zero-order valence-electron chi connectivity index (χ0n) is 15.8. The molecule has 4 aromatic rings. The average Bonchev–Trinajstić information content (AvgIpc) is 2.76. The molecule has 8 heteroatoms. The largest absolute Gasteiger partial charge is 0.482 e. The third-order valence-corrected chi connectivity index (χ3v) is 4.52. The van der Waals surface area contributed by atoms with Gasteiger partial charge in [-0.25, -0.2) is 19.1 Å². The highest BCUT2D eigenvalue weighted by Crippen LogP contribution is 2.18. The molecule has 2 heterocycles. The number of pyridine rings is 1. The summed E-state index contributed by atoms with van der Waals surface area (Å²) >= 11 is 0. The van der Waals surface area contributed by atoms with Gasteiger partial charge in [0.05, 0.1) is 17.6 Å². The van der Waals surface area contributed by atoms with E-state index in [1.165, 1.54) is 16.8 Å². The quantitative estimate of drug-likeness (QED) is 0.529. The van der Waals surface area contributed by atoms with Gasteiger partial charge in [0.15, 0.2) is 12.3 Å². The molecule has 2 aromatic heterocycles. The third kappa shape index (κ3) is 3.70. The number of nitrogens with zero attached hydrogens (tertiary/aromatic N) is 3. The molecule has 150 valence electrons. The van der Waals surface area contributed by atoms with Crippen molar-refractivity contribution in [1.29, 1.82) is 0 Å². The highest BCUT2D eigenvalue weighted by molar-refractivity contribution is 5.75. The van der Waals surface area contributed by atoms with Gasteiger partial charge in [0, 0.05) is 12.3 Å². The van der Waals surface area contributed by atoms with E-state index in [1.54, 1.807) is 30.3 Å². The van der Waals surface area contributed by atoms with Crippen molar-refractivity contribution in [3.8, 4) is 11.4 Å². The fourth-order valence-corrected chi connectivity index (χ4v) is 3.18. The molecule has 1 N–H and O–H groups in total. The van der Waals surface area contributed by atoms with Crippen molar-refractivity contribution in [1.82, 2.24) is 14.1 Å². The Bertz CT molecular complexity index is 1340. The Morgan fingerprint density at radius 2 is 1.80 bits per heavy atom. The number of aliphatic carboxylic acids is 1. The van der Waals surface area contributed by atoms with Crippen LogP contribution in [0.25, 0.3) is 16.7 Å². The number of carbonyl (C=O) groups is 1. The van der Waals surface area contributed by atoms with Crippen molar-refractivity contribution in [2.24, 2.45) is 0 Å². The van der Waals surface area contributed by atoms with E-state index in [0.717, 1.165) is 10.1 Å². The van der Waals surface area contributed by atoms with Gasteiger partial charge in [-0.05, 0) is 29.8 Å². The first-order valence-corrected chi connectivity index (χ1v) is 9.14. The molecule has 30 heavy (non-hydrogen) atoms. The van der Waals surface area contributed by atoms with E-state index in [0.29, 0.717) is 11.1 Å². The highest BCUT2D eigenvalue weighted by atomic mass is 16.5. The summed E-state index contributed by atoms with van der Waals surface area (Å²) in [5, 5.41) is 9.12. The molecule has 0 saturated heterocycles. The molecular weight excluding hydrogens is 386 g/mol. The van der Waals surface area contributed by atoms with Crippen LogP contribution in [0.5, 0.6) is 5.75 Å². The first kappa shape index (κ1) is 19.1. The van der Waals surface area contributed by atoms with Crippen LogP contribution in [-0.2, 0) is 11.3 Å². The monoisotopic (exact) mass is 403 g/mol. The number of carboxylic acids is 1. The number of hydrogen-bond donors (Lipinski definition) is 1. The van der Waals surface area contributed by atoms with E-state index < -0.39 is 23.8 Å². The Morgan fingerprint density at radius 3 is 2.57 bits per heavy atom. The number of carboxylic acid groups (broad SMARTS) is 1. The molecule has 2 aromatic carbocycles. The summed E-state index contributed by atoms with van der Waals surface area (Å²) in [7, 11) is 0. The fraction of sp³-hybridized carbons (Fsp3) is 0.0909. The van der Waals surface area contributed by atoms with E-state index in [1.807, 2.05) is 30.3 Å². The maximum absolute atomic E-state index is 13.3. The second kappa shape index (κ2) is 8.04. The van der Waals surface area contributed by atoms with Crippen LogP contribution in [0.15, 0.2) is 82.5 Å². The van der Waals surface area contributed by atoms with Gasteiger partial charge in [-0.1, -0.05) is 36.4 Å². The first-order valence-electron chi connectivity index (χ1n) is 9.14. The minimum Gasteiger partial charge on any atom is -0.482 e. The zero-order chi connectivity index (χ0) is 21.1. The summed E-state index contributed by atoms with van der Waals surface area (Å²) in [5.41, 5.74) is 0.456. The Balaban J connectivity index is 1.92. The summed E-state index contributed by atoms with van der Waals surface area (Å²) in [4.78, 5) is 41.4. The van der Waals surface area contributed by atoms with Crippen LogP contribution >= 0.6 is 0 Å². The fourth-order valence-electron chi connectivity index (χ4n) is 3.18. The van der Waals surface area contributed by atoms with Gasteiger partial charge >= 0.3 is 11.7 Å². The second-order valence-corrected chi connectivity index (χ2v) is 6.55. The smallest absolute Gasteiger partial charge is 0.341 e. The summed E-state index contributed by atoms with van der Waals surface area (Å²) in [6, 6.07) is 18.9. The van der Waals surface area contributed by atoms with Crippen molar-refractivity contribution in [3.05, 3.63) is 99.3 Å². The van der Waals surface area contributed by atoms with Gasteiger partial charge in [0.1, 0.15) is 5.75 Å². The Kier molecular flexibility index (Phi) is 5.13. The summed E-state index contributed by atoms with van der Waals surface area (Å²) in [6.07, 6.45) is 1.50. The number of benzene rings is 2. The number of ether oxygens (including phenoxy) is 1. The maximum atomic E-state index is 13.3. The topological polar surface area (TPSA) is 103 Å². The van der Waals surface area contributed by atoms with Crippen LogP contribution in [-0.4, -0.2) is 31.8 Å². The van der Waals surface area contributed by atoms with Gasteiger partial charge in [-0.2, -0.15) is 0 Å². The van der Waals surface area contributed by atoms with Crippen LogP contribution in [0, 0.1) is 0 Å². The average molecular weight is 403 g/mol. The Labute approximate surface area is 170 Å². The molecule has 0 fully saturated rings. The zero-order valence-corrected chi connectivity index (χ0v) is 15.8. The second-order valence-electron chi connectivity index (χ2n) is 6.55. The van der Waals surface area contributed by atoms with Gasteiger partial charge in [-0.3, -0.25) is 9.36 Å². The first-order chi connectivity index (χ1) is 14.5. The van der Waals surface area contributed by atoms with E-state index in [4.69, 9.17) is 9.84 Å². The maximum Gasteiger partial charge on any atom is 0.341 e. The lowest BCUT2D eigenvalue weighted by atomic mass is 10.2. The lowest BCUT2D eigenvalue weighted by Crippen LogP contribution is -2.40. The van der Waals surface area contributed by atoms with Gasteiger partial charge in [-0.15, -0.1) is 0 Å². The van der Waals surface area contributed by atoms with Crippen molar-refractivity contribution in [2.45, 2.75) is 6.54 Å². The van der Waals surface area contributed by atoms with Crippen molar-refractivity contribution >= 4 is 17.0 Å². The lowest BCUT2D eigenvalue weighted by Gasteiger charge is -2.14. The number of hydrogen-bond acceptors (Lipinski definition) is 5. The molecule has 8 nitrogen and oxygen atoms in total. The molecule has 0 atom stereocenters. The summed E-state index contributed by atoms with van der Waals surface area (Å²) in [6.45, 7) is -0.399. The lowest BCUT2D eigenvalue weighted by molar-refractivity contribution is -0.139. The summed E-state index contributed by atoms with van der Waals surface area (Å²) < 4.78 is 7.71. The van der Waals surface area contributed by atoms with E-state index >= 15 is 0 Å². The predicted molar refractivity (Wildman–Crippen MR) is 110 cm³/mol. The summed E-state index contributed by atoms with van der Waals surface area (Å²) in [5.74, 6) is -0.826. The number of fused-ring (bicyclic) bond motifs is 1. The van der Waals surface area contributed by atoms with E-state index in [9.17, 15) is 14.4 Å². The van der Waals surface area contributed by atoms with Gasteiger partial charge in [0.25, 0.3) is 5.56 Å². The number of rotatable bonds is 6. The molecule has 0 aliphatic heterocycles.